The maximum atomic E-state index is 12.2. The van der Waals surface area contributed by atoms with Gasteiger partial charge in [-0.1, -0.05) is 35.5 Å². The third kappa shape index (κ3) is 3.80. The van der Waals surface area contributed by atoms with E-state index < -0.39 is 5.54 Å². The van der Waals surface area contributed by atoms with Gasteiger partial charge in [0.15, 0.2) is 11.0 Å². The molecule has 1 fully saturated rings. The van der Waals surface area contributed by atoms with E-state index in [-0.39, 0.29) is 11.7 Å². The van der Waals surface area contributed by atoms with Crippen LogP contribution in [0.5, 0.6) is 0 Å². The highest BCUT2D eigenvalue weighted by Crippen LogP contribution is 2.30. The van der Waals surface area contributed by atoms with Gasteiger partial charge in [-0.2, -0.15) is 5.26 Å². The molecular formula is C17H18ClN5OS. The van der Waals surface area contributed by atoms with E-state index in [9.17, 15) is 10.1 Å². The van der Waals surface area contributed by atoms with E-state index in [1.165, 1.54) is 11.8 Å². The molecular weight excluding hydrogens is 358 g/mol. The van der Waals surface area contributed by atoms with Crippen molar-refractivity contribution in [3.05, 3.63) is 29.3 Å². The van der Waals surface area contributed by atoms with Gasteiger partial charge in [0, 0.05) is 12.6 Å². The van der Waals surface area contributed by atoms with Crippen molar-refractivity contribution in [1.82, 2.24) is 20.1 Å². The van der Waals surface area contributed by atoms with Crippen molar-refractivity contribution in [3.8, 4) is 17.5 Å². The van der Waals surface area contributed by atoms with Crippen molar-refractivity contribution in [2.75, 3.05) is 5.75 Å². The number of hydrogen-bond donors (Lipinski definition) is 1. The lowest BCUT2D eigenvalue weighted by Gasteiger charge is -2.21. The number of rotatable bonds is 5. The molecule has 8 heteroatoms. The Bertz CT molecular complexity index is 823. The molecule has 2 aromatic rings. The van der Waals surface area contributed by atoms with Crippen LogP contribution < -0.4 is 5.32 Å². The first-order chi connectivity index (χ1) is 12.0. The summed E-state index contributed by atoms with van der Waals surface area (Å²) in [5, 5.41) is 21.8. The van der Waals surface area contributed by atoms with Crippen molar-refractivity contribution in [2.24, 2.45) is 7.05 Å². The van der Waals surface area contributed by atoms with Crippen LogP contribution in [-0.4, -0.2) is 32.0 Å². The zero-order chi connectivity index (χ0) is 17.9. The lowest BCUT2D eigenvalue weighted by atomic mass is 10.0. The number of halogens is 1. The van der Waals surface area contributed by atoms with E-state index in [1.807, 2.05) is 29.8 Å². The largest absolute Gasteiger partial charge is 0.337 e. The van der Waals surface area contributed by atoms with E-state index in [0.29, 0.717) is 16.0 Å². The Morgan fingerprint density at radius 2 is 2.12 bits per heavy atom. The average molecular weight is 376 g/mol. The highest BCUT2D eigenvalue weighted by molar-refractivity contribution is 7.99. The second-order valence-electron chi connectivity index (χ2n) is 6.08. The van der Waals surface area contributed by atoms with Crippen molar-refractivity contribution >= 4 is 29.3 Å². The molecule has 1 amide bonds. The average Bonchev–Trinajstić information content (AvgIpc) is 3.21. The molecule has 1 aromatic carbocycles. The Labute approximate surface area is 155 Å². The van der Waals surface area contributed by atoms with Crippen LogP contribution >= 0.6 is 23.4 Å². The minimum absolute atomic E-state index is 0.157. The molecule has 1 N–H and O–H groups in total. The minimum Gasteiger partial charge on any atom is -0.337 e. The summed E-state index contributed by atoms with van der Waals surface area (Å²) < 4.78 is 1.81. The van der Waals surface area contributed by atoms with Gasteiger partial charge in [-0.25, -0.2) is 0 Å². The minimum atomic E-state index is -0.694. The van der Waals surface area contributed by atoms with E-state index >= 15 is 0 Å². The fourth-order valence-electron chi connectivity index (χ4n) is 2.99. The molecule has 130 valence electrons. The summed E-state index contributed by atoms with van der Waals surface area (Å²) in [7, 11) is 1.84. The van der Waals surface area contributed by atoms with Gasteiger partial charge in [0.1, 0.15) is 5.54 Å². The number of nitrogens with zero attached hydrogens (tertiary/aromatic N) is 4. The molecule has 1 aliphatic carbocycles. The van der Waals surface area contributed by atoms with E-state index in [4.69, 9.17) is 11.6 Å². The van der Waals surface area contributed by atoms with Crippen molar-refractivity contribution < 1.29 is 4.79 Å². The van der Waals surface area contributed by atoms with Gasteiger partial charge < -0.3 is 9.88 Å². The number of nitrogens with one attached hydrogen (secondary N) is 1. The first-order valence-electron chi connectivity index (χ1n) is 8.04. The summed E-state index contributed by atoms with van der Waals surface area (Å²) >= 11 is 7.51. The Morgan fingerprint density at radius 3 is 2.80 bits per heavy atom. The van der Waals surface area contributed by atoms with Gasteiger partial charge in [-0.3, -0.25) is 4.79 Å². The Balaban J connectivity index is 1.66. The van der Waals surface area contributed by atoms with Crippen molar-refractivity contribution in [1.29, 1.82) is 5.26 Å². The second-order valence-corrected chi connectivity index (χ2v) is 7.43. The first kappa shape index (κ1) is 17.8. The van der Waals surface area contributed by atoms with Gasteiger partial charge in [-0.05, 0) is 37.8 Å². The van der Waals surface area contributed by atoms with E-state index in [2.05, 4.69) is 21.6 Å². The SMILES string of the molecule is Cn1c(SCC(=O)NC2(C#N)CCCC2)nnc1-c1ccccc1Cl. The third-order valence-corrected chi connectivity index (χ3v) is 5.68. The van der Waals surface area contributed by atoms with Crippen molar-refractivity contribution in [3.63, 3.8) is 0 Å². The first-order valence-corrected chi connectivity index (χ1v) is 9.40. The normalized spacial score (nSPS) is 15.7. The molecule has 25 heavy (non-hydrogen) atoms. The van der Waals surface area contributed by atoms with Crippen LogP contribution in [0.25, 0.3) is 11.4 Å². The molecule has 1 aromatic heterocycles. The summed E-state index contributed by atoms with van der Waals surface area (Å²) in [6.45, 7) is 0. The Kier molecular flexibility index (Phi) is 5.30. The molecule has 0 bridgehead atoms. The topological polar surface area (TPSA) is 83.6 Å². The van der Waals surface area contributed by atoms with Crippen LogP contribution in [0.15, 0.2) is 29.4 Å². The number of aromatic nitrogens is 3. The number of hydrogen-bond acceptors (Lipinski definition) is 5. The van der Waals surface area contributed by atoms with E-state index in [0.717, 1.165) is 31.2 Å². The van der Waals surface area contributed by atoms with Gasteiger partial charge in [0.25, 0.3) is 0 Å². The highest BCUT2D eigenvalue weighted by atomic mass is 35.5. The standard InChI is InChI=1S/C17H18ClN5OS/c1-23-15(12-6-2-3-7-13(12)18)21-22-16(23)25-10-14(24)20-17(11-19)8-4-5-9-17/h2-3,6-7H,4-5,8-10H2,1H3,(H,20,24). The zero-order valence-electron chi connectivity index (χ0n) is 13.8. The molecule has 1 saturated carbocycles. The van der Waals surface area contributed by atoms with Crippen molar-refractivity contribution in [2.45, 2.75) is 36.4 Å². The number of carbonyl (C=O) groups is 1. The van der Waals surface area contributed by atoms with Gasteiger partial charge in [0.2, 0.25) is 5.91 Å². The molecule has 0 atom stereocenters. The number of benzene rings is 1. The second kappa shape index (κ2) is 7.46. The quantitative estimate of drug-likeness (QED) is 0.811. The van der Waals surface area contributed by atoms with Crippen LogP contribution in [0.3, 0.4) is 0 Å². The molecule has 0 saturated heterocycles. The third-order valence-electron chi connectivity index (χ3n) is 4.33. The molecule has 0 aliphatic heterocycles. The predicted molar refractivity (Wildman–Crippen MR) is 97.1 cm³/mol. The fraction of sp³-hybridized carbons (Fsp3) is 0.412. The fourth-order valence-corrected chi connectivity index (χ4v) is 3.93. The molecule has 0 unspecified atom stereocenters. The van der Waals surface area contributed by atoms with Crippen LogP contribution in [0.4, 0.5) is 0 Å². The lowest BCUT2D eigenvalue weighted by molar-refractivity contribution is -0.119. The van der Waals surface area contributed by atoms with Gasteiger partial charge >= 0.3 is 0 Å². The van der Waals surface area contributed by atoms with Crippen LogP contribution in [0.2, 0.25) is 5.02 Å². The lowest BCUT2D eigenvalue weighted by Crippen LogP contribution is -2.45. The number of carbonyl (C=O) groups excluding carboxylic acids is 1. The zero-order valence-corrected chi connectivity index (χ0v) is 15.4. The summed E-state index contributed by atoms with van der Waals surface area (Å²) in [5.74, 6) is 0.686. The Hall–Kier alpha value is -2.04. The van der Waals surface area contributed by atoms with Crippen LogP contribution in [0.1, 0.15) is 25.7 Å². The summed E-state index contributed by atoms with van der Waals surface area (Å²) in [6.07, 6.45) is 3.40. The van der Waals surface area contributed by atoms with Crippen LogP contribution in [0, 0.1) is 11.3 Å². The maximum Gasteiger partial charge on any atom is 0.231 e. The molecule has 1 heterocycles. The van der Waals surface area contributed by atoms with Gasteiger partial charge in [-0.15, -0.1) is 10.2 Å². The monoisotopic (exact) mass is 375 g/mol. The molecule has 1 aliphatic rings. The maximum absolute atomic E-state index is 12.2. The molecule has 0 radical (unpaired) electrons. The molecule has 6 nitrogen and oxygen atoms in total. The summed E-state index contributed by atoms with van der Waals surface area (Å²) in [6, 6.07) is 9.69. The van der Waals surface area contributed by atoms with Crippen LogP contribution in [-0.2, 0) is 11.8 Å². The molecule has 0 spiro atoms. The number of nitriles is 1. The van der Waals surface area contributed by atoms with E-state index in [1.54, 1.807) is 6.07 Å². The predicted octanol–water partition coefficient (Wildman–Crippen LogP) is 3.18. The van der Waals surface area contributed by atoms with Gasteiger partial charge in [0.05, 0.1) is 16.8 Å². The molecule has 3 rings (SSSR count). The smallest absolute Gasteiger partial charge is 0.231 e. The summed E-state index contributed by atoms with van der Waals surface area (Å²) in [4.78, 5) is 12.2. The summed E-state index contributed by atoms with van der Waals surface area (Å²) in [5.41, 5.74) is 0.102. The highest BCUT2D eigenvalue weighted by Gasteiger charge is 2.35. The Morgan fingerprint density at radius 1 is 1.40 bits per heavy atom. The number of thioether (sulfide) groups is 1. The number of amides is 1.